The van der Waals surface area contributed by atoms with E-state index in [0.29, 0.717) is 5.57 Å². The van der Waals surface area contributed by atoms with Crippen LogP contribution in [0, 0.1) is 16.7 Å². The summed E-state index contributed by atoms with van der Waals surface area (Å²) in [7, 11) is 0. The Morgan fingerprint density at radius 3 is 2.45 bits per heavy atom. The molecule has 0 radical (unpaired) electrons. The maximum atomic E-state index is 8.55. The number of hydrogen-bond acceptors (Lipinski definition) is 2. The predicted octanol–water partition coefficient (Wildman–Crippen LogP) is 0.811. The summed E-state index contributed by atoms with van der Waals surface area (Å²) >= 11 is 0. The molecule has 0 aromatic carbocycles. The molecule has 0 atom stereocenters. The molecule has 0 aromatic rings. The molecule has 11 heavy (non-hydrogen) atoms. The van der Waals surface area contributed by atoms with Crippen molar-refractivity contribution in [2.24, 2.45) is 10.7 Å². The Kier molecular flexibility index (Phi) is 3.60. The first-order valence-corrected chi connectivity index (χ1v) is 3.03. The molecule has 0 amide bonds. The fourth-order valence-electron chi connectivity index (χ4n) is 0.559. The highest BCUT2D eigenvalue weighted by Crippen LogP contribution is 2.00. The van der Waals surface area contributed by atoms with E-state index >= 15 is 0 Å². The SMILES string of the molecule is CC(C)=C(C#N)C(N)=NC=N. The van der Waals surface area contributed by atoms with E-state index in [1.54, 1.807) is 13.8 Å². The second-order valence-electron chi connectivity index (χ2n) is 2.13. The molecule has 0 aliphatic heterocycles. The van der Waals surface area contributed by atoms with Crippen LogP contribution in [0.1, 0.15) is 13.8 Å². The van der Waals surface area contributed by atoms with Gasteiger partial charge in [0, 0.05) is 0 Å². The van der Waals surface area contributed by atoms with Crippen LogP contribution in [-0.4, -0.2) is 12.2 Å². The molecule has 0 saturated carbocycles. The van der Waals surface area contributed by atoms with Crippen molar-refractivity contribution in [2.75, 3.05) is 0 Å². The van der Waals surface area contributed by atoms with E-state index in [9.17, 15) is 0 Å². The van der Waals surface area contributed by atoms with Gasteiger partial charge in [-0.2, -0.15) is 5.26 Å². The Morgan fingerprint density at radius 1 is 1.64 bits per heavy atom. The van der Waals surface area contributed by atoms with Gasteiger partial charge in [-0.15, -0.1) is 0 Å². The van der Waals surface area contributed by atoms with Gasteiger partial charge in [0.05, 0.1) is 5.57 Å². The largest absolute Gasteiger partial charge is 0.383 e. The van der Waals surface area contributed by atoms with Gasteiger partial charge in [0.15, 0.2) is 0 Å². The summed E-state index contributed by atoms with van der Waals surface area (Å²) in [4.78, 5) is 3.47. The molecule has 3 N–H and O–H groups in total. The summed E-state index contributed by atoms with van der Waals surface area (Å²) in [5.74, 6) is 0.0995. The molecule has 0 fully saturated rings. The topological polar surface area (TPSA) is 86.0 Å². The third-order valence-corrected chi connectivity index (χ3v) is 1.07. The Balaban J connectivity index is 4.86. The zero-order valence-corrected chi connectivity index (χ0v) is 6.55. The maximum Gasteiger partial charge on any atom is 0.143 e. The lowest BCUT2D eigenvalue weighted by Crippen LogP contribution is -2.14. The number of hydrogen-bond donors (Lipinski definition) is 2. The van der Waals surface area contributed by atoms with Crippen molar-refractivity contribution in [1.29, 1.82) is 10.7 Å². The van der Waals surface area contributed by atoms with Crippen molar-refractivity contribution in [3.63, 3.8) is 0 Å². The van der Waals surface area contributed by atoms with Crippen LogP contribution in [0.3, 0.4) is 0 Å². The molecule has 0 rings (SSSR count). The number of allylic oxidation sites excluding steroid dienone is 1. The van der Waals surface area contributed by atoms with Crippen LogP contribution in [0.2, 0.25) is 0 Å². The highest BCUT2D eigenvalue weighted by Gasteiger charge is 2.01. The molecule has 0 aliphatic carbocycles. The quantitative estimate of drug-likeness (QED) is 0.346. The van der Waals surface area contributed by atoms with Crippen molar-refractivity contribution >= 4 is 12.2 Å². The normalized spacial score (nSPS) is 10.1. The maximum absolute atomic E-state index is 8.55. The number of nitrogens with zero attached hydrogens (tertiary/aromatic N) is 2. The Hall–Kier alpha value is -1.63. The number of nitrogens with two attached hydrogens (primary N) is 1. The molecule has 0 heterocycles. The molecule has 4 nitrogen and oxygen atoms in total. The molecule has 0 aromatic heterocycles. The van der Waals surface area contributed by atoms with E-state index in [1.165, 1.54) is 0 Å². The highest BCUT2D eigenvalue weighted by molar-refractivity contribution is 6.04. The monoisotopic (exact) mass is 150 g/mol. The fraction of sp³-hybridized carbons (Fsp3) is 0.286. The highest BCUT2D eigenvalue weighted by atomic mass is 14.9. The number of rotatable bonds is 2. The summed E-state index contributed by atoms with van der Waals surface area (Å²) < 4.78 is 0. The predicted molar refractivity (Wildman–Crippen MR) is 44.4 cm³/mol. The van der Waals surface area contributed by atoms with E-state index in [2.05, 4.69) is 4.99 Å². The average molecular weight is 150 g/mol. The van der Waals surface area contributed by atoms with Gasteiger partial charge in [-0.05, 0) is 13.8 Å². The van der Waals surface area contributed by atoms with Gasteiger partial charge in [0.1, 0.15) is 18.2 Å². The lowest BCUT2D eigenvalue weighted by Gasteiger charge is -1.96. The Morgan fingerprint density at radius 2 is 2.18 bits per heavy atom. The molecule has 0 aliphatic rings. The van der Waals surface area contributed by atoms with Crippen LogP contribution in [-0.2, 0) is 0 Å². The molecule has 58 valence electrons. The lowest BCUT2D eigenvalue weighted by molar-refractivity contribution is 1.33. The zero-order valence-electron chi connectivity index (χ0n) is 6.55. The Bertz CT molecular complexity index is 250. The van der Waals surface area contributed by atoms with Gasteiger partial charge in [0.25, 0.3) is 0 Å². The first-order chi connectivity index (χ1) is 5.13. The second kappa shape index (κ2) is 4.23. The van der Waals surface area contributed by atoms with E-state index in [1.807, 2.05) is 6.07 Å². The van der Waals surface area contributed by atoms with Crippen molar-refractivity contribution in [2.45, 2.75) is 13.8 Å². The van der Waals surface area contributed by atoms with Gasteiger partial charge >= 0.3 is 0 Å². The molecule has 0 unspecified atom stereocenters. The fourth-order valence-corrected chi connectivity index (χ4v) is 0.559. The summed E-state index contributed by atoms with van der Waals surface area (Å²) in [5, 5.41) is 15.2. The minimum absolute atomic E-state index is 0.0995. The number of nitrogens with one attached hydrogen (secondary N) is 1. The average Bonchev–Trinajstić information content (AvgIpc) is 1.88. The molecular formula is C7H10N4. The summed E-state index contributed by atoms with van der Waals surface area (Å²) in [6.07, 6.45) is 0.815. The first kappa shape index (κ1) is 9.37. The molecular weight excluding hydrogens is 140 g/mol. The summed E-state index contributed by atoms with van der Waals surface area (Å²) in [6, 6.07) is 1.91. The van der Waals surface area contributed by atoms with Crippen LogP contribution in [0.4, 0.5) is 0 Å². The van der Waals surface area contributed by atoms with Crippen molar-refractivity contribution in [3.8, 4) is 6.07 Å². The van der Waals surface area contributed by atoms with E-state index in [0.717, 1.165) is 11.9 Å². The molecule has 0 saturated heterocycles. The molecule has 0 spiro atoms. The van der Waals surface area contributed by atoms with Gasteiger partial charge in [-0.25, -0.2) is 4.99 Å². The molecule has 4 heteroatoms. The van der Waals surface area contributed by atoms with Crippen molar-refractivity contribution in [1.82, 2.24) is 0 Å². The van der Waals surface area contributed by atoms with Gasteiger partial charge in [0.2, 0.25) is 0 Å². The number of nitriles is 1. The third kappa shape index (κ3) is 2.63. The third-order valence-electron chi connectivity index (χ3n) is 1.07. The van der Waals surface area contributed by atoms with Crippen molar-refractivity contribution in [3.05, 3.63) is 11.1 Å². The second-order valence-corrected chi connectivity index (χ2v) is 2.13. The van der Waals surface area contributed by atoms with Gasteiger partial charge in [-0.3, -0.25) is 5.41 Å². The van der Waals surface area contributed by atoms with E-state index in [4.69, 9.17) is 16.4 Å². The minimum Gasteiger partial charge on any atom is -0.383 e. The van der Waals surface area contributed by atoms with E-state index in [-0.39, 0.29) is 5.84 Å². The summed E-state index contributed by atoms with van der Waals surface area (Å²) in [6.45, 7) is 3.54. The first-order valence-electron chi connectivity index (χ1n) is 3.03. The Labute approximate surface area is 65.6 Å². The molecule has 0 bridgehead atoms. The van der Waals surface area contributed by atoms with Crippen LogP contribution in [0.25, 0.3) is 0 Å². The van der Waals surface area contributed by atoms with Gasteiger partial charge in [-0.1, -0.05) is 5.57 Å². The van der Waals surface area contributed by atoms with Crippen molar-refractivity contribution < 1.29 is 0 Å². The number of aliphatic imine (C=N–C) groups is 1. The van der Waals surface area contributed by atoms with Gasteiger partial charge < -0.3 is 5.73 Å². The van der Waals surface area contributed by atoms with E-state index < -0.39 is 0 Å². The van der Waals surface area contributed by atoms with Crippen LogP contribution < -0.4 is 5.73 Å². The van der Waals surface area contributed by atoms with Crippen LogP contribution >= 0.6 is 0 Å². The van der Waals surface area contributed by atoms with Crippen LogP contribution in [0.5, 0.6) is 0 Å². The minimum atomic E-state index is 0.0995. The number of amidine groups is 1. The van der Waals surface area contributed by atoms with Crippen LogP contribution in [0.15, 0.2) is 16.1 Å². The lowest BCUT2D eigenvalue weighted by atomic mass is 10.1. The smallest absolute Gasteiger partial charge is 0.143 e. The summed E-state index contributed by atoms with van der Waals surface area (Å²) in [5.41, 5.74) is 6.50. The standard InChI is InChI=1S/C7H10N4/c1-5(2)6(3-8)7(10)11-4-9/h4H,1-2H3,(H3,9,10,11). The zero-order chi connectivity index (χ0) is 8.85.